The van der Waals surface area contributed by atoms with E-state index in [-0.39, 0.29) is 18.0 Å². The highest BCUT2D eigenvalue weighted by Crippen LogP contribution is 2.16. The van der Waals surface area contributed by atoms with Gasteiger partial charge in [-0.3, -0.25) is 14.3 Å². The number of rotatable bonds is 4. The van der Waals surface area contributed by atoms with Crippen molar-refractivity contribution in [3.63, 3.8) is 0 Å². The second kappa shape index (κ2) is 4.97. The van der Waals surface area contributed by atoms with E-state index in [1.165, 1.54) is 10.9 Å². The van der Waals surface area contributed by atoms with Crippen molar-refractivity contribution >= 4 is 22.6 Å². The van der Waals surface area contributed by atoms with E-state index in [4.69, 9.17) is 0 Å². The molecule has 6 heteroatoms. The normalized spacial score (nSPS) is 11.0. The van der Waals surface area contributed by atoms with E-state index in [9.17, 15) is 9.59 Å². The molecule has 0 aliphatic rings. The first-order valence-corrected chi connectivity index (χ1v) is 6.53. The maximum Gasteiger partial charge on any atom is 0.206 e. The van der Waals surface area contributed by atoms with E-state index in [0.717, 1.165) is 11.0 Å². The van der Waals surface area contributed by atoms with Gasteiger partial charge in [0.2, 0.25) is 5.78 Å². The van der Waals surface area contributed by atoms with Gasteiger partial charge in [0, 0.05) is 20.3 Å². The maximum atomic E-state index is 12.3. The van der Waals surface area contributed by atoms with Crippen molar-refractivity contribution < 1.29 is 9.59 Å². The molecule has 21 heavy (non-hydrogen) atoms. The molecule has 0 bridgehead atoms. The van der Waals surface area contributed by atoms with Crippen molar-refractivity contribution in [3.8, 4) is 0 Å². The first-order valence-electron chi connectivity index (χ1n) is 6.53. The number of hydrogen-bond donors (Lipinski definition) is 0. The van der Waals surface area contributed by atoms with Crippen molar-refractivity contribution in [1.82, 2.24) is 19.3 Å². The lowest BCUT2D eigenvalue weighted by Gasteiger charge is -2.00. The largest absolute Gasteiger partial charge is 0.325 e. The van der Waals surface area contributed by atoms with Gasteiger partial charge in [0.25, 0.3) is 0 Å². The van der Waals surface area contributed by atoms with Crippen molar-refractivity contribution in [2.45, 2.75) is 6.42 Å². The number of carbonyl (C=O) groups excluding carboxylic acids is 2. The number of hydrogen-bond acceptors (Lipinski definition) is 4. The molecule has 0 unspecified atom stereocenters. The molecule has 0 atom stereocenters. The minimum Gasteiger partial charge on any atom is -0.325 e. The highest BCUT2D eigenvalue weighted by atomic mass is 16.1. The predicted octanol–water partition coefficient (Wildman–Crippen LogP) is 1.76. The summed E-state index contributed by atoms with van der Waals surface area (Å²) in [7, 11) is 3.50. The lowest BCUT2D eigenvalue weighted by atomic mass is 10.1. The monoisotopic (exact) mass is 282 g/mol. The minimum absolute atomic E-state index is 0.206. The molecule has 2 heterocycles. The average Bonchev–Trinajstić information content (AvgIpc) is 3.04. The van der Waals surface area contributed by atoms with Crippen LogP contribution >= 0.6 is 0 Å². The van der Waals surface area contributed by atoms with E-state index in [1.54, 1.807) is 24.9 Å². The lowest BCUT2D eigenvalue weighted by Crippen LogP contribution is -2.12. The van der Waals surface area contributed by atoms with E-state index >= 15 is 0 Å². The fraction of sp³-hybridized carbons (Fsp3) is 0.200. The fourth-order valence-corrected chi connectivity index (χ4v) is 2.29. The number of benzene rings is 1. The second-order valence-electron chi connectivity index (χ2n) is 4.91. The Morgan fingerprint density at radius 3 is 2.57 bits per heavy atom. The Morgan fingerprint density at radius 2 is 1.90 bits per heavy atom. The van der Waals surface area contributed by atoms with Crippen LogP contribution in [0.3, 0.4) is 0 Å². The van der Waals surface area contributed by atoms with Crippen LogP contribution in [-0.2, 0) is 14.1 Å². The predicted molar refractivity (Wildman–Crippen MR) is 77.2 cm³/mol. The Balaban J connectivity index is 1.87. The molecule has 0 amide bonds. The first-order chi connectivity index (χ1) is 10.1. The van der Waals surface area contributed by atoms with E-state index in [2.05, 4.69) is 10.1 Å². The van der Waals surface area contributed by atoms with Crippen molar-refractivity contribution in [2.75, 3.05) is 0 Å². The number of aryl methyl sites for hydroxylation is 2. The molecule has 0 fully saturated rings. The van der Waals surface area contributed by atoms with Gasteiger partial charge in [0.05, 0.1) is 29.2 Å². The summed E-state index contributed by atoms with van der Waals surface area (Å²) < 4.78 is 3.25. The number of nitrogens with zero attached hydrogens (tertiary/aromatic N) is 4. The second-order valence-corrected chi connectivity index (χ2v) is 4.91. The summed E-state index contributed by atoms with van der Waals surface area (Å²) in [5, 5.41) is 3.93. The van der Waals surface area contributed by atoms with Crippen LogP contribution in [-0.4, -0.2) is 30.9 Å². The van der Waals surface area contributed by atoms with Gasteiger partial charge in [-0.15, -0.1) is 0 Å². The number of Topliss-reactive ketones (excluding diaryl/α,β-unsaturated/α-hetero) is 2. The number of fused-ring (bicyclic) bond motifs is 1. The van der Waals surface area contributed by atoms with Crippen LogP contribution in [0.15, 0.2) is 36.7 Å². The zero-order chi connectivity index (χ0) is 15.0. The SMILES string of the molecule is Cn1cc(C(=O)CC(=O)c2nc3ccccc3n2C)cn1. The quantitative estimate of drug-likeness (QED) is 0.540. The first kappa shape index (κ1) is 13.2. The summed E-state index contributed by atoms with van der Waals surface area (Å²) in [4.78, 5) is 28.7. The van der Waals surface area contributed by atoms with Crippen molar-refractivity contribution in [3.05, 3.63) is 48.0 Å². The zero-order valence-corrected chi connectivity index (χ0v) is 11.8. The lowest BCUT2D eigenvalue weighted by molar-refractivity contribution is 0.0887. The van der Waals surface area contributed by atoms with Gasteiger partial charge < -0.3 is 4.57 Å². The third kappa shape index (κ3) is 2.35. The molecule has 0 radical (unpaired) electrons. The number of carbonyl (C=O) groups is 2. The van der Waals surface area contributed by atoms with Gasteiger partial charge in [0.1, 0.15) is 0 Å². The Bertz CT molecular complexity index is 844. The number of aromatic nitrogens is 4. The number of imidazole rings is 1. The van der Waals surface area contributed by atoms with Crippen LogP contribution < -0.4 is 0 Å². The molecule has 3 rings (SSSR count). The van der Waals surface area contributed by atoms with Gasteiger partial charge in [-0.1, -0.05) is 12.1 Å². The zero-order valence-electron chi connectivity index (χ0n) is 11.8. The van der Waals surface area contributed by atoms with Gasteiger partial charge in [-0.25, -0.2) is 4.98 Å². The maximum absolute atomic E-state index is 12.3. The standard InChI is InChI=1S/C15H14N4O2/c1-18-9-10(8-16-18)13(20)7-14(21)15-17-11-5-3-4-6-12(11)19(15)2/h3-6,8-9H,7H2,1-2H3. The molecule has 106 valence electrons. The molecule has 0 aliphatic heterocycles. The molecule has 2 aromatic heterocycles. The van der Waals surface area contributed by atoms with Gasteiger partial charge in [-0.2, -0.15) is 5.10 Å². The van der Waals surface area contributed by atoms with Gasteiger partial charge in [-0.05, 0) is 12.1 Å². The molecule has 1 aromatic carbocycles. The van der Waals surface area contributed by atoms with Crippen LogP contribution in [0.25, 0.3) is 11.0 Å². The molecule has 0 aliphatic carbocycles. The third-order valence-corrected chi connectivity index (χ3v) is 3.38. The van der Waals surface area contributed by atoms with Crippen molar-refractivity contribution in [1.29, 1.82) is 0 Å². The summed E-state index contributed by atoms with van der Waals surface area (Å²) in [6.07, 6.45) is 2.86. The smallest absolute Gasteiger partial charge is 0.206 e. The highest BCUT2D eigenvalue weighted by Gasteiger charge is 2.19. The van der Waals surface area contributed by atoms with Crippen LogP contribution in [0.5, 0.6) is 0 Å². The van der Waals surface area contributed by atoms with Crippen LogP contribution in [0.1, 0.15) is 27.4 Å². The number of para-hydroxylation sites is 2. The summed E-state index contributed by atoms with van der Waals surface area (Å²) in [6, 6.07) is 7.49. The highest BCUT2D eigenvalue weighted by molar-refractivity contribution is 6.12. The fourth-order valence-electron chi connectivity index (χ4n) is 2.29. The average molecular weight is 282 g/mol. The molecular weight excluding hydrogens is 268 g/mol. The van der Waals surface area contributed by atoms with E-state index in [0.29, 0.717) is 11.4 Å². The van der Waals surface area contributed by atoms with Crippen LogP contribution in [0.4, 0.5) is 0 Å². The Labute approximate surface area is 121 Å². The van der Waals surface area contributed by atoms with Crippen molar-refractivity contribution in [2.24, 2.45) is 14.1 Å². The molecule has 3 aromatic rings. The summed E-state index contributed by atoms with van der Waals surface area (Å²) in [6.45, 7) is 0. The number of ketones is 2. The molecule has 6 nitrogen and oxygen atoms in total. The summed E-state index contributed by atoms with van der Waals surface area (Å²) >= 11 is 0. The summed E-state index contributed by atoms with van der Waals surface area (Å²) in [5.74, 6) is -0.240. The van der Waals surface area contributed by atoms with Gasteiger partial charge >= 0.3 is 0 Å². The molecule has 0 spiro atoms. The Morgan fingerprint density at radius 1 is 1.14 bits per heavy atom. The molecule has 0 saturated carbocycles. The summed E-state index contributed by atoms with van der Waals surface area (Å²) in [5.41, 5.74) is 2.05. The molecule has 0 saturated heterocycles. The molecule has 0 N–H and O–H groups in total. The topological polar surface area (TPSA) is 69.8 Å². The van der Waals surface area contributed by atoms with Gasteiger partial charge in [0.15, 0.2) is 11.6 Å². The molecular formula is C15H14N4O2. The van der Waals surface area contributed by atoms with E-state index in [1.807, 2.05) is 24.3 Å². The Hall–Kier alpha value is -2.76. The Kier molecular flexibility index (Phi) is 3.13. The minimum atomic E-state index is -0.289. The van der Waals surface area contributed by atoms with Crippen LogP contribution in [0, 0.1) is 0 Å². The van der Waals surface area contributed by atoms with Crippen LogP contribution in [0.2, 0.25) is 0 Å². The van der Waals surface area contributed by atoms with E-state index < -0.39 is 0 Å². The third-order valence-electron chi connectivity index (χ3n) is 3.38.